The molecule has 0 saturated heterocycles. The van der Waals surface area contributed by atoms with E-state index in [0.717, 1.165) is 55.3 Å². The summed E-state index contributed by atoms with van der Waals surface area (Å²) in [5.41, 5.74) is 6.34. The van der Waals surface area contributed by atoms with Gasteiger partial charge < -0.3 is 10.8 Å². The number of amides is 1. The Morgan fingerprint density at radius 3 is 2.50 bits per heavy atom. The molecule has 1 amide bonds. The van der Waals surface area contributed by atoms with Gasteiger partial charge in [-0.1, -0.05) is 20.8 Å². The van der Waals surface area contributed by atoms with Gasteiger partial charge in [-0.25, -0.2) is 0 Å². The molecule has 3 nitrogen and oxygen atoms in total. The molecule has 0 spiro atoms. The summed E-state index contributed by atoms with van der Waals surface area (Å²) in [6, 6.07) is 0. The molecule has 4 saturated carbocycles. The number of fused-ring (bicyclic) bond motifs is 5. The number of nitrogens with two attached hydrogens (primary N) is 1. The topological polar surface area (TPSA) is 63.3 Å². The van der Waals surface area contributed by atoms with Gasteiger partial charge in [-0.2, -0.15) is 0 Å². The van der Waals surface area contributed by atoms with Crippen molar-refractivity contribution in [3.63, 3.8) is 0 Å². The Morgan fingerprint density at radius 2 is 1.75 bits per heavy atom. The van der Waals surface area contributed by atoms with Crippen LogP contribution in [-0.4, -0.2) is 17.1 Å². The van der Waals surface area contributed by atoms with Crippen molar-refractivity contribution in [3.8, 4) is 0 Å². The molecule has 0 aliphatic heterocycles. The number of carbonyl (C=O) groups excluding carboxylic acids is 1. The summed E-state index contributed by atoms with van der Waals surface area (Å²) in [5.74, 6) is 4.85. The van der Waals surface area contributed by atoms with Crippen LogP contribution in [-0.2, 0) is 4.79 Å². The Kier molecular flexibility index (Phi) is 5.61. The maximum Gasteiger partial charge on any atom is 0.217 e. The monoisotopic (exact) mass is 389 g/mol. The molecule has 28 heavy (non-hydrogen) atoms. The van der Waals surface area contributed by atoms with Gasteiger partial charge in [0.05, 0.1) is 6.10 Å². The second-order valence-corrected chi connectivity index (χ2v) is 11.6. The molecule has 0 aromatic rings. The van der Waals surface area contributed by atoms with Crippen molar-refractivity contribution in [1.29, 1.82) is 0 Å². The van der Waals surface area contributed by atoms with E-state index in [0.29, 0.717) is 23.2 Å². The summed E-state index contributed by atoms with van der Waals surface area (Å²) in [7, 11) is 0. The molecular weight excluding hydrogens is 346 g/mol. The first kappa shape index (κ1) is 20.7. The number of aliphatic hydroxyl groups is 1. The lowest BCUT2D eigenvalue weighted by Gasteiger charge is -2.61. The average molecular weight is 390 g/mol. The SMILES string of the molecule is C[C@@H](CCCC(N)=O)[C@H]1CC[C@H]2[C@@H]3CC[C@@H]4C[C@H](O)CC[C@]4(C)[C@H]3CC[C@]12C. The number of hydrogen-bond donors (Lipinski definition) is 2. The van der Waals surface area contributed by atoms with Crippen LogP contribution in [0.2, 0.25) is 0 Å². The molecule has 0 bridgehead atoms. The molecular formula is C25H43NO2. The second kappa shape index (κ2) is 7.60. The number of carbonyl (C=O) groups is 1. The maximum absolute atomic E-state index is 11.1. The fourth-order valence-electron chi connectivity index (χ4n) is 9.01. The molecule has 0 heterocycles. The van der Waals surface area contributed by atoms with Crippen LogP contribution in [0.1, 0.15) is 97.8 Å². The van der Waals surface area contributed by atoms with E-state index in [1.165, 1.54) is 44.9 Å². The molecule has 0 aromatic heterocycles. The van der Waals surface area contributed by atoms with Gasteiger partial charge in [-0.05, 0) is 117 Å². The van der Waals surface area contributed by atoms with E-state index < -0.39 is 0 Å². The van der Waals surface area contributed by atoms with E-state index in [9.17, 15) is 9.90 Å². The quantitative estimate of drug-likeness (QED) is 0.670. The van der Waals surface area contributed by atoms with Crippen LogP contribution in [0.4, 0.5) is 0 Å². The van der Waals surface area contributed by atoms with Gasteiger partial charge in [-0.15, -0.1) is 0 Å². The molecule has 0 radical (unpaired) electrons. The lowest BCUT2D eigenvalue weighted by Crippen LogP contribution is -2.54. The first-order valence-electron chi connectivity index (χ1n) is 12.2. The third kappa shape index (κ3) is 3.34. The highest BCUT2D eigenvalue weighted by molar-refractivity contribution is 5.73. The first-order chi connectivity index (χ1) is 13.3. The van der Waals surface area contributed by atoms with Gasteiger partial charge in [-0.3, -0.25) is 4.79 Å². The molecule has 4 aliphatic carbocycles. The minimum Gasteiger partial charge on any atom is -0.393 e. The van der Waals surface area contributed by atoms with Gasteiger partial charge in [0.2, 0.25) is 5.91 Å². The normalized spacial score (nSPS) is 49.0. The van der Waals surface area contributed by atoms with Crippen LogP contribution < -0.4 is 5.73 Å². The van der Waals surface area contributed by atoms with Gasteiger partial charge in [0.15, 0.2) is 0 Å². The largest absolute Gasteiger partial charge is 0.393 e. The minimum absolute atomic E-state index is 0.0411. The summed E-state index contributed by atoms with van der Waals surface area (Å²) in [6.07, 6.45) is 14.3. The molecule has 4 aliphatic rings. The number of hydrogen-bond acceptors (Lipinski definition) is 2. The Bertz CT molecular complexity index is 591. The first-order valence-corrected chi connectivity index (χ1v) is 12.2. The lowest BCUT2D eigenvalue weighted by molar-refractivity contribution is -0.129. The van der Waals surface area contributed by atoms with Crippen LogP contribution in [0.15, 0.2) is 0 Å². The van der Waals surface area contributed by atoms with Crippen LogP contribution in [0.5, 0.6) is 0 Å². The predicted molar refractivity (Wildman–Crippen MR) is 113 cm³/mol. The lowest BCUT2D eigenvalue weighted by atomic mass is 9.44. The van der Waals surface area contributed by atoms with Crippen LogP contribution in [0, 0.1) is 46.3 Å². The molecule has 3 heteroatoms. The van der Waals surface area contributed by atoms with E-state index >= 15 is 0 Å². The van der Waals surface area contributed by atoms with Crippen molar-refractivity contribution >= 4 is 5.91 Å². The van der Waals surface area contributed by atoms with Crippen molar-refractivity contribution in [2.24, 2.45) is 52.1 Å². The highest BCUT2D eigenvalue weighted by Gasteiger charge is 2.60. The Balaban J connectivity index is 1.47. The van der Waals surface area contributed by atoms with Gasteiger partial charge in [0.1, 0.15) is 0 Å². The number of rotatable bonds is 5. The van der Waals surface area contributed by atoms with E-state index in [-0.39, 0.29) is 12.0 Å². The Morgan fingerprint density at radius 1 is 1.04 bits per heavy atom. The smallest absolute Gasteiger partial charge is 0.217 e. The van der Waals surface area contributed by atoms with Gasteiger partial charge in [0.25, 0.3) is 0 Å². The Hall–Kier alpha value is -0.570. The van der Waals surface area contributed by atoms with Gasteiger partial charge in [0, 0.05) is 6.42 Å². The van der Waals surface area contributed by atoms with Gasteiger partial charge >= 0.3 is 0 Å². The molecule has 4 rings (SSSR count). The summed E-state index contributed by atoms with van der Waals surface area (Å²) in [4.78, 5) is 11.1. The van der Waals surface area contributed by atoms with E-state index in [2.05, 4.69) is 20.8 Å². The number of aliphatic hydroxyl groups excluding tert-OH is 1. The van der Waals surface area contributed by atoms with Crippen molar-refractivity contribution < 1.29 is 9.90 Å². The molecule has 160 valence electrons. The summed E-state index contributed by atoms with van der Waals surface area (Å²) in [6.45, 7) is 7.64. The third-order valence-corrected chi connectivity index (χ3v) is 10.5. The zero-order valence-electron chi connectivity index (χ0n) is 18.5. The van der Waals surface area contributed by atoms with Crippen LogP contribution >= 0.6 is 0 Å². The van der Waals surface area contributed by atoms with E-state index in [1.807, 2.05) is 0 Å². The third-order valence-electron chi connectivity index (χ3n) is 10.5. The molecule has 4 fully saturated rings. The Labute approximate surface area is 172 Å². The fraction of sp³-hybridized carbons (Fsp3) is 0.960. The zero-order valence-corrected chi connectivity index (χ0v) is 18.5. The average Bonchev–Trinajstić information content (AvgIpc) is 2.99. The summed E-state index contributed by atoms with van der Waals surface area (Å²) < 4.78 is 0. The fourth-order valence-corrected chi connectivity index (χ4v) is 9.01. The van der Waals surface area contributed by atoms with Crippen LogP contribution in [0.25, 0.3) is 0 Å². The van der Waals surface area contributed by atoms with Crippen LogP contribution in [0.3, 0.4) is 0 Å². The molecule has 3 N–H and O–H groups in total. The van der Waals surface area contributed by atoms with Crippen molar-refractivity contribution in [2.75, 3.05) is 0 Å². The molecule has 0 aromatic carbocycles. The second-order valence-electron chi connectivity index (χ2n) is 11.6. The summed E-state index contributed by atoms with van der Waals surface area (Å²) in [5, 5.41) is 10.2. The highest BCUT2D eigenvalue weighted by atomic mass is 16.3. The van der Waals surface area contributed by atoms with E-state index in [1.54, 1.807) is 0 Å². The standard InChI is InChI=1S/C25H43NO2/c1-16(5-4-6-23(26)28)20-9-10-21-19-8-7-17-15-18(27)11-13-24(17,2)22(19)12-14-25(20,21)3/h16-22,27H,4-15H2,1-3H3,(H2,26,28)/t16-,17+,18+,19-,20+,21-,22-,24-,25+/m0/s1. The van der Waals surface area contributed by atoms with Crippen molar-refractivity contribution in [2.45, 2.75) is 104 Å². The van der Waals surface area contributed by atoms with E-state index in [4.69, 9.17) is 5.73 Å². The predicted octanol–water partition coefficient (Wildman–Crippen LogP) is 5.30. The number of primary amides is 1. The zero-order chi connectivity index (χ0) is 20.1. The minimum atomic E-state index is -0.147. The van der Waals surface area contributed by atoms with Crippen molar-refractivity contribution in [1.82, 2.24) is 0 Å². The highest BCUT2D eigenvalue weighted by Crippen LogP contribution is 2.68. The molecule has 9 atom stereocenters. The summed E-state index contributed by atoms with van der Waals surface area (Å²) >= 11 is 0. The maximum atomic E-state index is 11.1. The van der Waals surface area contributed by atoms with Crippen molar-refractivity contribution in [3.05, 3.63) is 0 Å². The molecule has 0 unspecified atom stereocenters.